The first-order valence-corrected chi connectivity index (χ1v) is 9.47. The van der Waals surface area contributed by atoms with Gasteiger partial charge in [-0.25, -0.2) is 9.69 Å². The van der Waals surface area contributed by atoms with Crippen LogP contribution in [0.25, 0.3) is 0 Å². The second-order valence-corrected chi connectivity index (χ2v) is 7.40. The highest BCUT2D eigenvalue weighted by Gasteiger charge is 2.72. The van der Waals surface area contributed by atoms with Gasteiger partial charge in [-0.1, -0.05) is 6.08 Å². The molecule has 0 aliphatic carbocycles. The number of methoxy groups -OCH3 is 1. The second-order valence-electron chi connectivity index (χ2n) is 7.40. The summed E-state index contributed by atoms with van der Waals surface area (Å²) in [6, 6.07) is 5.80. The van der Waals surface area contributed by atoms with Crippen molar-refractivity contribution in [3.05, 3.63) is 42.0 Å². The molecular weight excluding hydrogens is 410 g/mol. The molecular formula is C21H19NO9. The fraction of sp³-hybridized carbons (Fsp3) is 0.381. The van der Waals surface area contributed by atoms with Crippen LogP contribution in [0.4, 0.5) is 5.69 Å². The van der Waals surface area contributed by atoms with Crippen molar-refractivity contribution in [3.8, 4) is 0 Å². The first kappa shape index (κ1) is 20.7. The van der Waals surface area contributed by atoms with Crippen molar-refractivity contribution in [2.24, 2.45) is 11.8 Å². The van der Waals surface area contributed by atoms with E-state index in [4.69, 9.17) is 14.2 Å². The normalized spacial score (nSPS) is 28.1. The molecule has 3 aliphatic rings. The highest BCUT2D eigenvalue weighted by Crippen LogP contribution is 2.54. The molecule has 0 saturated carbocycles. The van der Waals surface area contributed by atoms with Gasteiger partial charge in [0.25, 0.3) is 6.29 Å². The smallest absolute Gasteiger partial charge is 0.337 e. The van der Waals surface area contributed by atoms with Gasteiger partial charge in [0, 0.05) is 13.8 Å². The molecule has 0 spiro atoms. The van der Waals surface area contributed by atoms with Crippen molar-refractivity contribution in [2.45, 2.75) is 31.8 Å². The topological polar surface area (TPSA) is 126 Å². The lowest BCUT2D eigenvalue weighted by molar-refractivity contribution is -0.226. The van der Waals surface area contributed by atoms with Crippen LogP contribution in [0.5, 0.6) is 0 Å². The molecule has 10 heteroatoms. The van der Waals surface area contributed by atoms with Crippen LogP contribution in [0, 0.1) is 11.8 Å². The van der Waals surface area contributed by atoms with Crippen molar-refractivity contribution >= 4 is 35.4 Å². The van der Waals surface area contributed by atoms with E-state index in [1.807, 2.05) is 0 Å². The van der Waals surface area contributed by atoms with Crippen LogP contribution in [0.2, 0.25) is 0 Å². The molecule has 10 nitrogen and oxygen atoms in total. The number of hydrogen-bond donors (Lipinski definition) is 0. The van der Waals surface area contributed by atoms with Gasteiger partial charge in [-0.2, -0.15) is 0 Å². The second kappa shape index (κ2) is 7.31. The van der Waals surface area contributed by atoms with Crippen LogP contribution in [0.1, 0.15) is 24.2 Å². The molecule has 1 aromatic rings. The number of imide groups is 1. The summed E-state index contributed by atoms with van der Waals surface area (Å²) in [5.41, 5.74) is -1.08. The Morgan fingerprint density at radius 2 is 1.65 bits per heavy atom. The number of ether oxygens (including phenoxy) is 4. The molecule has 2 fully saturated rings. The number of rotatable bonds is 5. The molecule has 0 N–H and O–H groups in total. The molecule has 0 aromatic heterocycles. The van der Waals surface area contributed by atoms with Gasteiger partial charge in [0.2, 0.25) is 11.8 Å². The summed E-state index contributed by atoms with van der Waals surface area (Å²) in [7, 11) is 1.25. The maximum absolute atomic E-state index is 13.4. The lowest BCUT2D eigenvalue weighted by Crippen LogP contribution is -2.52. The van der Waals surface area contributed by atoms with Gasteiger partial charge >= 0.3 is 17.9 Å². The van der Waals surface area contributed by atoms with Crippen molar-refractivity contribution in [1.29, 1.82) is 0 Å². The summed E-state index contributed by atoms with van der Waals surface area (Å²) < 4.78 is 20.9. The minimum absolute atomic E-state index is 0.261. The minimum Gasteiger partial charge on any atom is -0.465 e. The van der Waals surface area contributed by atoms with E-state index in [1.54, 1.807) is 6.08 Å². The number of carbonyl (C=O) groups is 5. The predicted octanol–water partition coefficient (Wildman–Crippen LogP) is 0.738. The lowest BCUT2D eigenvalue weighted by Gasteiger charge is -2.34. The monoisotopic (exact) mass is 429 g/mol. The quantitative estimate of drug-likeness (QED) is 0.288. The first-order chi connectivity index (χ1) is 14.7. The number of anilines is 1. The highest BCUT2D eigenvalue weighted by molar-refractivity contribution is 6.23. The minimum atomic E-state index is -1.61. The van der Waals surface area contributed by atoms with Gasteiger partial charge < -0.3 is 18.9 Å². The maximum Gasteiger partial charge on any atom is 0.337 e. The molecule has 0 radical (unpaired) electrons. The largest absolute Gasteiger partial charge is 0.465 e. The molecule has 1 aromatic carbocycles. The molecule has 3 aliphatic heterocycles. The Morgan fingerprint density at radius 3 is 2.19 bits per heavy atom. The van der Waals surface area contributed by atoms with E-state index in [9.17, 15) is 24.0 Å². The first-order valence-electron chi connectivity index (χ1n) is 9.47. The Bertz CT molecular complexity index is 998. The van der Waals surface area contributed by atoms with Crippen LogP contribution >= 0.6 is 0 Å². The molecule has 3 heterocycles. The fourth-order valence-electron chi connectivity index (χ4n) is 4.34. The van der Waals surface area contributed by atoms with Crippen molar-refractivity contribution in [3.63, 3.8) is 0 Å². The number of carbonyl (C=O) groups excluding carboxylic acids is 5. The molecule has 0 unspecified atom stereocenters. The Hall–Kier alpha value is -3.53. The predicted molar refractivity (Wildman–Crippen MR) is 101 cm³/mol. The summed E-state index contributed by atoms with van der Waals surface area (Å²) in [6.07, 6.45) is 0.826. The van der Waals surface area contributed by atoms with Gasteiger partial charge in [-0.3, -0.25) is 19.2 Å². The van der Waals surface area contributed by atoms with Crippen LogP contribution in [-0.4, -0.2) is 54.8 Å². The summed E-state index contributed by atoms with van der Waals surface area (Å²) in [4.78, 5) is 62.4. The van der Waals surface area contributed by atoms with Gasteiger partial charge in [0.05, 0.1) is 36.3 Å². The number of benzene rings is 1. The van der Waals surface area contributed by atoms with Crippen molar-refractivity contribution < 1.29 is 42.9 Å². The molecule has 162 valence electrons. The van der Waals surface area contributed by atoms with Gasteiger partial charge in [0.15, 0.2) is 5.60 Å². The number of esters is 3. The van der Waals surface area contributed by atoms with Gasteiger partial charge in [-0.05, 0) is 30.3 Å². The van der Waals surface area contributed by atoms with Crippen molar-refractivity contribution in [1.82, 2.24) is 0 Å². The van der Waals surface area contributed by atoms with E-state index in [0.29, 0.717) is 0 Å². The van der Waals surface area contributed by atoms with E-state index in [-0.39, 0.29) is 11.3 Å². The molecule has 2 saturated heterocycles. The number of amides is 2. The highest BCUT2D eigenvalue weighted by atomic mass is 16.7. The third-order valence-electron chi connectivity index (χ3n) is 5.54. The summed E-state index contributed by atoms with van der Waals surface area (Å²) >= 11 is 0. The zero-order valence-corrected chi connectivity index (χ0v) is 16.9. The standard InChI is InChI=1S/C21H19NO9/c1-10(23)29-20(30-11(2)24)21-9-8-14(31-21)15-16(21)18(26)22(17(15)25)13-6-4-12(5-7-13)19(27)28-3/h4-9,14-16,20H,1-3H3/t14-,15+,16-,21-/m1/s1. The van der Waals surface area contributed by atoms with E-state index < -0.39 is 59.6 Å². The molecule has 2 bridgehead atoms. The zero-order chi connectivity index (χ0) is 22.5. The Kier molecular flexibility index (Phi) is 4.89. The average Bonchev–Trinajstić information content (AvgIpc) is 3.37. The SMILES string of the molecule is COC(=O)c1ccc(N2C(=O)[C@H]3[C@H]4C=C[C@@](C(OC(C)=O)OC(C)=O)(O4)[C@H]3C2=O)cc1. The maximum atomic E-state index is 13.4. The molecule has 4 rings (SSSR count). The number of hydrogen-bond acceptors (Lipinski definition) is 9. The summed E-state index contributed by atoms with van der Waals surface area (Å²) in [5, 5.41) is 0. The molecule has 31 heavy (non-hydrogen) atoms. The zero-order valence-electron chi connectivity index (χ0n) is 16.9. The van der Waals surface area contributed by atoms with Crippen molar-refractivity contribution in [2.75, 3.05) is 12.0 Å². The Labute approximate surface area is 176 Å². The number of fused-ring (bicyclic) bond motifs is 5. The van der Waals surface area contributed by atoms with Crippen LogP contribution in [-0.2, 0) is 38.1 Å². The lowest BCUT2D eigenvalue weighted by atomic mass is 9.76. The third kappa shape index (κ3) is 3.10. The Balaban J connectivity index is 1.69. The van der Waals surface area contributed by atoms with Crippen LogP contribution < -0.4 is 4.90 Å². The molecule has 4 atom stereocenters. The fourth-order valence-corrected chi connectivity index (χ4v) is 4.34. The van der Waals surface area contributed by atoms with Gasteiger partial charge in [0.1, 0.15) is 0 Å². The van der Waals surface area contributed by atoms with Gasteiger partial charge in [-0.15, -0.1) is 0 Å². The van der Waals surface area contributed by atoms with E-state index in [0.717, 1.165) is 18.7 Å². The van der Waals surface area contributed by atoms with Crippen LogP contribution in [0.15, 0.2) is 36.4 Å². The third-order valence-corrected chi connectivity index (χ3v) is 5.54. The molecule has 2 amide bonds. The summed E-state index contributed by atoms with van der Waals surface area (Å²) in [5.74, 6) is -5.04. The summed E-state index contributed by atoms with van der Waals surface area (Å²) in [6.45, 7) is 2.26. The Morgan fingerprint density at radius 1 is 1.03 bits per heavy atom. The van der Waals surface area contributed by atoms with Crippen LogP contribution in [0.3, 0.4) is 0 Å². The number of nitrogens with zero attached hydrogens (tertiary/aromatic N) is 1. The average molecular weight is 429 g/mol. The van der Waals surface area contributed by atoms with E-state index in [2.05, 4.69) is 4.74 Å². The van der Waals surface area contributed by atoms with E-state index >= 15 is 0 Å². The van der Waals surface area contributed by atoms with E-state index in [1.165, 1.54) is 37.5 Å².